The molecule has 0 saturated carbocycles. The average Bonchev–Trinajstić information content (AvgIpc) is 2.39. The Hall–Kier alpha value is -1.27. The number of ether oxygens (including phenoxy) is 2. The molecule has 2 rings (SSSR count). The van der Waals surface area contributed by atoms with Gasteiger partial charge in [-0.15, -0.1) is 0 Å². The van der Waals surface area contributed by atoms with Gasteiger partial charge in [0.1, 0.15) is 17.3 Å². The van der Waals surface area contributed by atoms with Gasteiger partial charge in [0.05, 0.1) is 13.2 Å². The zero-order valence-electron chi connectivity index (χ0n) is 10.9. The third-order valence-electron chi connectivity index (χ3n) is 2.93. The highest BCUT2D eigenvalue weighted by molar-refractivity contribution is 7.87. The molecule has 1 aromatic rings. The predicted octanol–water partition coefficient (Wildman–Crippen LogP) is 1.97. The zero-order chi connectivity index (χ0) is 13.7. The lowest BCUT2D eigenvalue weighted by Crippen LogP contribution is -2.29. The number of benzene rings is 1. The fourth-order valence-corrected chi connectivity index (χ4v) is 3.18. The van der Waals surface area contributed by atoms with Crippen molar-refractivity contribution in [3.63, 3.8) is 0 Å². The average molecular weight is 286 g/mol. The molecule has 0 bridgehead atoms. The first-order valence-corrected chi connectivity index (χ1v) is 7.84. The van der Waals surface area contributed by atoms with E-state index in [-0.39, 0.29) is 17.6 Å². The van der Waals surface area contributed by atoms with Crippen LogP contribution in [0.25, 0.3) is 0 Å². The molecule has 1 unspecified atom stereocenters. The first kappa shape index (κ1) is 14.1. The van der Waals surface area contributed by atoms with Gasteiger partial charge in [0.15, 0.2) is 0 Å². The maximum Gasteiger partial charge on any atom is 0.311 e. The van der Waals surface area contributed by atoms with Crippen molar-refractivity contribution in [3.8, 4) is 11.5 Å². The van der Waals surface area contributed by atoms with E-state index >= 15 is 0 Å². The van der Waals surface area contributed by atoms with Crippen molar-refractivity contribution < 1.29 is 22.1 Å². The van der Waals surface area contributed by atoms with Gasteiger partial charge in [0, 0.05) is 12.7 Å². The Morgan fingerprint density at radius 1 is 1.32 bits per heavy atom. The minimum atomic E-state index is -3.64. The lowest BCUT2D eigenvalue weighted by atomic mass is 10.1. The van der Waals surface area contributed by atoms with Gasteiger partial charge in [0.2, 0.25) is 0 Å². The van der Waals surface area contributed by atoms with Crippen LogP contribution in [0.4, 0.5) is 0 Å². The van der Waals surface area contributed by atoms with E-state index in [1.165, 1.54) is 7.11 Å². The number of hydrogen-bond donors (Lipinski definition) is 0. The van der Waals surface area contributed by atoms with Crippen LogP contribution in [0.15, 0.2) is 24.3 Å². The van der Waals surface area contributed by atoms with Crippen LogP contribution in [-0.4, -0.2) is 34.0 Å². The van der Waals surface area contributed by atoms with Gasteiger partial charge in [-0.05, 0) is 31.4 Å². The summed E-state index contributed by atoms with van der Waals surface area (Å²) in [6.07, 6.45) is 2.50. The highest BCUT2D eigenvalue weighted by atomic mass is 32.2. The van der Waals surface area contributed by atoms with Crippen molar-refractivity contribution >= 4 is 10.1 Å². The van der Waals surface area contributed by atoms with Gasteiger partial charge in [-0.1, -0.05) is 6.07 Å². The zero-order valence-corrected chi connectivity index (χ0v) is 11.7. The lowest BCUT2D eigenvalue weighted by Gasteiger charge is -2.22. The van der Waals surface area contributed by atoms with Gasteiger partial charge in [-0.3, -0.25) is 0 Å². The predicted molar refractivity (Wildman–Crippen MR) is 71.0 cm³/mol. The van der Waals surface area contributed by atoms with Crippen molar-refractivity contribution in [3.05, 3.63) is 24.3 Å². The third kappa shape index (κ3) is 4.40. The van der Waals surface area contributed by atoms with Gasteiger partial charge < -0.3 is 13.7 Å². The second-order valence-corrected chi connectivity index (χ2v) is 6.09. The van der Waals surface area contributed by atoms with E-state index in [0.717, 1.165) is 19.3 Å². The summed E-state index contributed by atoms with van der Waals surface area (Å²) in [6, 6.07) is 6.53. The molecule has 0 aliphatic carbocycles. The lowest BCUT2D eigenvalue weighted by molar-refractivity contribution is 0.0298. The van der Waals surface area contributed by atoms with Crippen LogP contribution in [0.2, 0.25) is 0 Å². The largest absolute Gasteiger partial charge is 0.497 e. The van der Waals surface area contributed by atoms with E-state index < -0.39 is 10.1 Å². The van der Waals surface area contributed by atoms with Crippen LogP contribution < -0.4 is 8.92 Å². The van der Waals surface area contributed by atoms with E-state index in [4.69, 9.17) is 13.7 Å². The molecule has 0 spiro atoms. The fourth-order valence-electron chi connectivity index (χ4n) is 2.00. The molecule has 106 valence electrons. The monoisotopic (exact) mass is 286 g/mol. The molecule has 1 aromatic carbocycles. The van der Waals surface area contributed by atoms with Crippen molar-refractivity contribution in [2.75, 3.05) is 19.5 Å². The molecule has 1 fully saturated rings. The Kier molecular flexibility index (Phi) is 4.66. The molecule has 19 heavy (non-hydrogen) atoms. The van der Waals surface area contributed by atoms with Crippen LogP contribution in [0, 0.1) is 0 Å². The van der Waals surface area contributed by atoms with Crippen molar-refractivity contribution in [1.82, 2.24) is 0 Å². The SMILES string of the molecule is COc1cccc(OS(=O)(=O)CC2CCCCO2)c1. The molecule has 1 aliphatic heterocycles. The molecule has 1 heterocycles. The van der Waals surface area contributed by atoms with Gasteiger partial charge >= 0.3 is 10.1 Å². The summed E-state index contributed by atoms with van der Waals surface area (Å²) in [5.41, 5.74) is 0. The molecule has 1 aliphatic rings. The maximum absolute atomic E-state index is 11.9. The van der Waals surface area contributed by atoms with E-state index in [0.29, 0.717) is 12.4 Å². The Morgan fingerprint density at radius 2 is 2.11 bits per heavy atom. The van der Waals surface area contributed by atoms with Gasteiger partial charge in [-0.2, -0.15) is 8.42 Å². The summed E-state index contributed by atoms with van der Waals surface area (Å²) in [7, 11) is -2.12. The van der Waals surface area contributed by atoms with Crippen LogP contribution in [0.1, 0.15) is 19.3 Å². The van der Waals surface area contributed by atoms with Crippen LogP contribution in [0.5, 0.6) is 11.5 Å². The fraction of sp³-hybridized carbons (Fsp3) is 0.538. The van der Waals surface area contributed by atoms with Crippen molar-refractivity contribution in [1.29, 1.82) is 0 Å². The topological polar surface area (TPSA) is 61.8 Å². The van der Waals surface area contributed by atoms with Crippen LogP contribution in [0.3, 0.4) is 0 Å². The third-order valence-corrected chi connectivity index (χ3v) is 4.15. The quantitative estimate of drug-likeness (QED) is 0.774. The van der Waals surface area contributed by atoms with E-state index in [1.807, 2.05) is 0 Å². The summed E-state index contributed by atoms with van der Waals surface area (Å²) in [5.74, 6) is 0.710. The smallest absolute Gasteiger partial charge is 0.311 e. The highest BCUT2D eigenvalue weighted by Crippen LogP contribution is 2.22. The first-order chi connectivity index (χ1) is 9.09. The van der Waals surface area contributed by atoms with Crippen LogP contribution in [-0.2, 0) is 14.9 Å². The summed E-state index contributed by atoms with van der Waals surface area (Å²) < 4.78 is 39.3. The first-order valence-electron chi connectivity index (χ1n) is 6.27. The Morgan fingerprint density at radius 3 is 2.79 bits per heavy atom. The molecule has 6 heteroatoms. The van der Waals surface area contributed by atoms with Crippen molar-refractivity contribution in [2.24, 2.45) is 0 Å². The molecule has 0 aromatic heterocycles. The number of hydrogen-bond acceptors (Lipinski definition) is 5. The molecule has 0 amide bonds. The molecule has 5 nitrogen and oxygen atoms in total. The van der Waals surface area contributed by atoms with Crippen LogP contribution >= 0.6 is 0 Å². The maximum atomic E-state index is 11.9. The summed E-state index contributed by atoms with van der Waals surface area (Å²) in [5, 5.41) is 0. The molecular formula is C13H18O5S. The molecule has 0 N–H and O–H groups in total. The second kappa shape index (κ2) is 6.25. The van der Waals surface area contributed by atoms with Gasteiger partial charge in [0.25, 0.3) is 0 Å². The minimum absolute atomic E-state index is 0.107. The van der Waals surface area contributed by atoms with E-state index in [1.54, 1.807) is 24.3 Å². The Bertz CT molecular complexity index is 506. The molecule has 1 atom stereocenters. The summed E-state index contributed by atoms with van der Waals surface area (Å²) >= 11 is 0. The minimum Gasteiger partial charge on any atom is -0.497 e. The molecular weight excluding hydrogens is 268 g/mol. The summed E-state index contributed by atoms with van der Waals surface area (Å²) in [4.78, 5) is 0. The standard InChI is InChI=1S/C13H18O5S/c1-16-11-6-4-7-12(9-11)18-19(14,15)10-13-5-2-3-8-17-13/h4,6-7,9,13H,2-3,5,8,10H2,1H3. The van der Waals surface area contributed by atoms with E-state index in [9.17, 15) is 8.42 Å². The van der Waals surface area contributed by atoms with Crippen molar-refractivity contribution in [2.45, 2.75) is 25.4 Å². The normalized spacial score (nSPS) is 19.9. The highest BCUT2D eigenvalue weighted by Gasteiger charge is 2.23. The number of rotatable bonds is 5. The molecule has 1 saturated heterocycles. The Labute approximate surface area is 113 Å². The Balaban J connectivity index is 1.99. The summed E-state index contributed by atoms with van der Waals surface area (Å²) in [6.45, 7) is 0.624. The molecule has 0 radical (unpaired) electrons. The van der Waals surface area contributed by atoms with E-state index in [2.05, 4.69) is 0 Å². The van der Waals surface area contributed by atoms with Gasteiger partial charge in [-0.25, -0.2) is 0 Å². The second-order valence-electron chi connectivity index (χ2n) is 4.48. The number of methoxy groups -OCH3 is 1.